The van der Waals surface area contributed by atoms with Gasteiger partial charge in [-0.25, -0.2) is 0 Å². The topological polar surface area (TPSA) is 57.2 Å². The molecule has 6 heteroatoms. The number of rotatable bonds is 8. The highest BCUT2D eigenvalue weighted by Gasteiger charge is 2.26. The minimum absolute atomic E-state index is 0.0381. The molecule has 31 heavy (non-hydrogen) atoms. The second kappa shape index (κ2) is 12.7. The van der Waals surface area contributed by atoms with Gasteiger partial charge in [0.1, 0.15) is 0 Å². The zero-order valence-electron chi connectivity index (χ0n) is 19.4. The predicted molar refractivity (Wildman–Crippen MR) is 126 cm³/mol. The van der Waals surface area contributed by atoms with Crippen LogP contribution in [0.3, 0.4) is 0 Å². The van der Waals surface area contributed by atoms with Crippen molar-refractivity contribution in [3.63, 3.8) is 0 Å². The van der Waals surface area contributed by atoms with Crippen LogP contribution >= 0.6 is 0 Å². The predicted octanol–water partition coefficient (Wildman–Crippen LogP) is 3.18. The Bertz CT molecular complexity index is 678. The van der Waals surface area contributed by atoms with Gasteiger partial charge in [-0.2, -0.15) is 0 Å². The number of nitrogens with one attached hydrogen (secondary N) is 1. The first kappa shape index (κ1) is 23.6. The van der Waals surface area contributed by atoms with E-state index in [0.29, 0.717) is 0 Å². The van der Waals surface area contributed by atoms with E-state index in [4.69, 9.17) is 4.74 Å². The van der Waals surface area contributed by atoms with Crippen LogP contribution < -0.4 is 5.32 Å². The number of ether oxygens (including phenoxy) is 1. The molecule has 2 heterocycles. The van der Waals surface area contributed by atoms with E-state index in [1.807, 2.05) is 7.05 Å². The monoisotopic (exact) mass is 428 g/mol. The highest BCUT2D eigenvalue weighted by Crippen LogP contribution is 2.22. The van der Waals surface area contributed by atoms with Crippen LogP contribution in [0.1, 0.15) is 44.1 Å². The minimum Gasteiger partial charge on any atom is -0.469 e. The van der Waals surface area contributed by atoms with Crippen molar-refractivity contribution in [1.29, 1.82) is 0 Å². The van der Waals surface area contributed by atoms with Crippen molar-refractivity contribution in [2.75, 3.05) is 53.4 Å². The van der Waals surface area contributed by atoms with Gasteiger partial charge >= 0.3 is 5.97 Å². The van der Waals surface area contributed by atoms with Crippen LogP contribution in [0.15, 0.2) is 35.3 Å². The maximum Gasteiger partial charge on any atom is 0.308 e. The molecule has 0 atom stereocenters. The Morgan fingerprint density at radius 1 is 1.06 bits per heavy atom. The molecule has 0 aliphatic carbocycles. The van der Waals surface area contributed by atoms with Gasteiger partial charge < -0.3 is 19.9 Å². The highest BCUT2D eigenvalue weighted by atomic mass is 16.5. The summed E-state index contributed by atoms with van der Waals surface area (Å²) in [4.78, 5) is 21.0. The molecule has 0 bridgehead atoms. The summed E-state index contributed by atoms with van der Waals surface area (Å²) in [7, 11) is 3.32. The maximum absolute atomic E-state index is 11.7. The number of unbranched alkanes of at least 4 members (excludes halogenated alkanes) is 1. The summed E-state index contributed by atoms with van der Waals surface area (Å²) >= 11 is 0. The highest BCUT2D eigenvalue weighted by molar-refractivity contribution is 5.80. The molecule has 0 amide bonds. The van der Waals surface area contributed by atoms with E-state index >= 15 is 0 Å². The van der Waals surface area contributed by atoms with Gasteiger partial charge in [0.15, 0.2) is 5.96 Å². The Balaban J connectivity index is 1.25. The van der Waals surface area contributed by atoms with Gasteiger partial charge in [-0.3, -0.25) is 9.79 Å². The molecule has 172 valence electrons. The Kier molecular flexibility index (Phi) is 9.66. The number of aliphatic imine (C=N–C) groups is 1. The normalized spacial score (nSPS) is 19.4. The Labute approximate surface area is 188 Å². The SMILES string of the molecule is CN=C(NCCCCN1CCC(Cc2ccccc2)CC1)N1CCC(C(=O)OC)CC1. The van der Waals surface area contributed by atoms with Gasteiger partial charge in [-0.15, -0.1) is 0 Å². The Hall–Kier alpha value is -2.08. The molecule has 0 aromatic heterocycles. The molecule has 0 saturated carbocycles. The minimum atomic E-state index is -0.0771. The number of benzene rings is 1. The summed E-state index contributed by atoms with van der Waals surface area (Å²) in [5.74, 6) is 1.76. The standard InChI is InChI=1S/C25H40N4O2/c1-26-25(29-18-12-23(13-19-29)24(30)31-2)27-14-6-7-15-28-16-10-22(11-17-28)20-21-8-4-3-5-9-21/h3-5,8-9,22-23H,6-7,10-20H2,1-2H3,(H,26,27). The van der Waals surface area contributed by atoms with Crippen molar-refractivity contribution in [2.45, 2.75) is 44.9 Å². The number of methoxy groups -OCH3 is 1. The van der Waals surface area contributed by atoms with Gasteiger partial charge in [0.25, 0.3) is 0 Å². The number of guanidine groups is 1. The van der Waals surface area contributed by atoms with Crippen LogP contribution in [0.4, 0.5) is 0 Å². The zero-order chi connectivity index (χ0) is 21.9. The molecular formula is C25H40N4O2. The van der Waals surface area contributed by atoms with Crippen LogP contribution in [-0.2, 0) is 16.0 Å². The number of piperidine rings is 2. The molecule has 1 N–H and O–H groups in total. The molecule has 2 aliphatic heterocycles. The first-order valence-electron chi connectivity index (χ1n) is 12.0. The third-order valence-corrected chi connectivity index (χ3v) is 6.80. The fraction of sp³-hybridized carbons (Fsp3) is 0.680. The second-order valence-corrected chi connectivity index (χ2v) is 8.94. The van der Waals surface area contributed by atoms with E-state index in [1.165, 1.54) is 58.0 Å². The average molecular weight is 429 g/mol. The second-order valence-electron chi connectivity index (χ2n) is 8.94. The van der Waals surface area contributed by atoms with Crippen molar-refractivity contribution in [2.24, 2.45) is 16.8 Å². The average Bonchev–Trinajstić information content (AvgIpc) is 2.83. The van der Waals surface area contributed by atoms with Gasteiger partial charge in [0.05, 0.1) is 13.0 Å². The molecule has 3 rings (SSSR count). The summed E-state index contributed by atoms with van der Waals surface area (Å²) in [6.07, 6.45) is 7.93. The van der Waals surface area contributed by atoms with Gasteiger partial charge in [-0.1, -0.05) is 30.3 Å². The first-order valence-corrected chi connectivity index (χ1v) is 12.0. The van der Waals surface area contributed by atoms with Gasteiger partial charge in [0, 0.05) is 26.7 Å². The van der Waals surface area contributed by atoms with E-state index in [1.54, 1.807) is 0 Å². The van der Waals surface area contributed by atoms with Crippen molar-refractivity contribution >= 4 is 11.9 Å². The lowest BCUT2D eigenvalue weighted by atomic mass is 9.90. The van der Waals surface area contributed by atoms with E-state index in [0.717, 1.165) is 50.8 Å². The third-order valence-electron chi connectivity index (χ3n) is 6.80. The van der Waals surface area contributed by atoms with Crippen molar-refractivity contribution < 1.29 is 9.53 Å². The van der Waals surface area contributed by atoms with E-state index < -0.39 is 0 Å². The summed E-state index contributed by atoms with van der Waals surface area (Å²) < 4.78 is 4.88. The fourth-order valence-electron chi connectivity index (χ4n) is 4.85. The van der Waals surface area contributed by atoms with Crippen LogP contribution in [0, 0.1) is 11.8 Å². The van der Waals surface area contributed by atoms with Crippen LogP contribution in [0.5, 0.6) is 0 Å². The summed E-state index contributed by atoms with van der Waals surface area (Å²) in [6.45, 7) is 6.34. The van der Waals surface area contributed by atoms with Crippen molar-refractivity contribution in [1.82, 2.24) is 15.1 Å². The lowest BCUT2D eigenvalue weighted by Gasteiger charge is -2.33. The molecule has 0 spiro atoms. The largest absolute Gasteiger partial charge is 0.469 e. The van der Waals surface area contributed by atoms with E-state index in [-0.39, 0.29) is 11.9 Å². The van der Waals surface area contributed by atoms with Gasteiger partial charge in [0.2, 0.25) is 0 Å². The third kappa shape index (κ3) is 7.53. The van der Waals surface area contributed by atoms with Crippen molar-refractivity contribution in [3.8, 4) is 0 Å². The summed E-state index contributed by atoms with van der Waals surface area (Å²) in [5, 5.41) is 3.51. The van der Waals surface area contributed by atoms with E-state index in [9.17, 15) is 4.79 Å². The summed E-state index contributed by atoms with van der Waals surface area (Å²) in [5.41, 5.74) is 1.48. The Morgan fingerprint density at radius 2 is 1.77 bits per heavy atom. The lowest BCUT2D eigenvalue weighted by molar-refractivity contribution is -0.146. The van der Waals surface area contributed by atoms with E-state index in [2.05, 4.69) is 50.4 Å². The number of carbonyl (C=O) groups excluding carboxylic acids is 1. The first-order chi connectivity index (χ1) is 15.2. The maximum atomic E-state index is 11.7. The quantitative estimate of drug-likeness (QED) is 0.298. The molecule has 6 nitrogen and oxygen atoms in total. The molecule has 1 aromatic rings. The number of nitrogens with zero attached hydrogens (tertiary/aromatic N) is 3. The molecular weight excluding hydrogens is 388 g/mol. The number of hydrogen-bond donors (Lipinski definition) is 1. The number of esters is 1. The van der Waals surface area contributed by atoms with Crippen LogP contribution in [0.2, 0.25) is 0 Å². The lowest BCUT2D eigenvalue weighted by Crippen LogP contribution is -2.47. The Morgan fingerprint density at radius 3 is 2.42 bits per heavy atom. The number of likely N-dealkylation sites (tertiary alicyclic amines) is 2. The number of carbonyl (C=O) groups is 1. The summed E-state index contributed by atoms with van der Waals surface area (Å²) in [6, 6.07) is 10.9. The smallest absolute Gasteiger partial charge is 0.308 e. The number of hydrogen-bond acceptors (Lipinski definition) is 4. The fourth-order valence-corrected chi connectivity index (χ4v) is 4.85. The zero-order valence-corrected chi connectivity index (χ0v) is 19.4. The molecule has 0 radical (unpaired) electrons. The molecule has 2 fully saturated rings. The van der Waals surface area contributed by atoms with Crippen LogP contribution in [0.25, 0.3) is 0 Å². The van der Waals surface area contributed by atoms with Gasteiger partial charge in [-0.05, 0) is 76.1 Å². The van der Waals surface area contributed by atoms with Crippen LogP contribution in [-0.4, -0.2) is 75.2 Å². The molecule has 2 aliphatic rings. The molecule has 2 saturated heterocycles. The van der Waals surface area contributed by atoms with Crippen molar-refractivity contribution in [3.05, 3.63) is 35.9 Å². The molecule has 0 unspecified atom stereocenters. The molecule has 1 aromatic carbocycles.